The number of carbonyl (C=O) groups is 3. The molecule has 0 aromatic heterocycles. The number of para-hydroxylation sites is 2. The number of primary amides is 1. The average Bonchev–Trinajstić information content (AvgIpc) is 2.65. The van der Waals surface area contributed by atoms with Gasteiger partial charge in [0.1, 0.15) is 5.69 Å². The number of carbonyl (C=O) groups excluding carboxylic acids is 3. The summed E-state index contributed by atoms with van der Waals surface area (Å²) in [6, 6.07) is 11.5. The molecule has 4 amide bonds. The van der Waals surface area contributed by atoms with E-state index in [1.165, 1.54) is 30.3 Å². The van der Waals surface area contributed by atoms with Crippen LogP contribution in [-0.2, 0) is 11.3 Å². The van der Waals surface area contributed by atoms with Gasteiger partial charge in [0.05, 0.1) is 11.5 Å². The Bertz CT molecular complexity index is 866. The van der Waals surface area contributed by atoms with E-state index in [0.717, 1.165) is 0 Å². The van der Waals surface area contributed by atoms with Crippen LogP contribution in [0.1, 0.15) is 15.9 Å². The summed E-state index contributed by atoms with van der Waals surface area (Å²) < 4.78 is 0. The maximum Gasteiger partial charge on any atom is 0.319 e. The number of nitrogens with zero attached hydrogens (tertiary/aromatic N) is 1. The minimum Gasteiger partial charge on any atom is -0.368 e. The number of benzene rings is 2. The van der Waals surface area contributed by atoms with Gasteiger partial charge in [-0.05, 0) is 23.8 Å². The Morgan fingerprint density at radius 3 is 2.30 bits per heavy atom. The Labute approximate surface area is 153 Å². The Morgan fingerprint density at radius 2 is 1.67 bits per heavy atom. The summed E-state index contributed by atoms with van der Waals surface area (Å²) in [6.45, 7) is -0.108. The Morgan fingerprint density at radius 1 is 1.00 bits per heavy atom. The van der Waals surface area contributed by atoms with E-state index in [2.05, 4.69) is 16.0 Å². The number of urea groups is 1. The lowest BCUT2D eigenvalue weighted by Gasteiger charge is -2.09. The number of nitrogens with one attached hydrogen (secondary N) is 3. The van der Waals surface area contributed by atoms with E-state index in [1.807, 2.05) is 0 Å². The topological polar surface area (TPSA) is 156 Å². The molecule has 2 aromatic carbocycles. The largest absolute Gasteiger partial charge is 0.368 e. The summed E-state index contributed by atoms with van der Waals surface area (Å²) >= 11 is 0. The van der Waals surface area contributed by atoms with Crippen LogP contribution in [0.25, 0.3) is 0 Å². The molecule has 10 heteroatoms. The first-order valence-corrected chi connectivity index (χ1v) is 7.80. The minimum absolute atomic E-state index is 0.0847. The van der Waals surface area contributed by atoms with Crippen LogP contribution in [0.15, 0.2) is 48.5 Å². The molecule has 27 heavy (non-hydrogen) atoms. The number of rotatable bonds is 7. The second-order valence-corrected chi connectivity index (χ2v) is 5.43. The van der Waals surface area contributed by atoms with E-state index in [4.69, 9.17) is 5.73 Å². The minimum atomic E-state index is -0.645. The highest BCUT2D eigenvalue weighted by Gasteiger charge is 2.14. The lowest BCUT2D eigenvalue weighted by molar-refractivity contribution is -0.383. The molecular formula is C17H17N5O5. The second kappa shape index (κ2) is 8.94. The highest BCUT2D eigenvalue weighted by molar-refractivity contribution is 5.96. The molecule has 2 aromatic rings. The average molecular weight is 371 g/mol. The van der Waals surface area contributed by atoms with Gasteiger partial charge in [-0.1, -0.05) is 24.3 Å². The Hall–Kier alpha value is -3.95. The Kier molecular flexibility index (Phi) is 6.42. The zero-order valence-corrected chi connectivity index (χ0v) is 14.1. The van der Waals surface area contributed by atoms with Gasteiger partial charge in [0.2, 0.25) is 5.91 Å². The van der Waals surface area contributed by atoms with Crippen molar-refractivity contribution in [3.8, 4) is 0 Å². The fraction of sp³-hybridized carbons (Fsp3) is 0.118. The smallest absolute Gasteiger partial charge is 0.319 e. The zero-order valence-electron chi connectivity index (χ0n) is 14.1. The number of hydrogen-bond acceptors (Lipinski definition) is 5. The first-order chi connectivity index (χ1) is 12.9. The number of hydrogen-bond donors (Lipinski definition) is 4. The van der Waals surface area contributed by atoms with Crippen LogP contribution in [0.5, 0.6) is 0 Å². The van der Waals surface area contributed by atoms with Crippen molar-refractivity contribution in [2.45, 2.75) is 6.54 Å². The van der Waals surface area contributed by atoms with Crippen molar-refractivity contribution in [2.24, 2.45) is 5.73 Å². The predicted molar refractivity (Wildman–Crippen MR) is 96.9 cm³/mol. The molecule has 0 saturated carbocycles. The monoisotopic (exact) mass is 371 g/mol. The van der Waals surface area contributed by atoms with Crippen molar-refractivity contribution in [2.75, 3.05) is 11.9 Å². The number of anilines is 1. The van der Waals surface area contributed by atoms with Crippen LogP contribution in [0.2, 0.25) is 0 Å². The van der Waals surface area contributed by atoms with Crippen molar-refractivity contribution in [1.82, 2.24) is 10.6 Å². The van der Waals surface area contributed by atoms with E-state index in [9.17, 15) is 24.5 Å². The quantitative estimate of drug-likeness (QED) is 0.424. The van der Waals surface area contributed by atoms with E-state index < -0.39 is 22.8 Å². The first-order valence-electron chi connectivity index (χ1n) is 7.80. The van der Waals surface area contributed by atoms with Crippen molar-refractivity contribution in [1.29, 1.82) is 0 Å². The second-order valence-electron chi connectivity index (χ2n) is 5.43. The number of amides is 4. The van der Waals surface area contributed by atoms with Crippen LogP contribution in [0, 0.1) is 10.1 Å². The van der Waals surface area contributed by atoms with Gasteiger partial charge >= 0.3 is 6.03 Å². The molecule has 2 rings (SSSR count). The maximum atomic E-state index is 11.9. The highest BCUT2D eigenvalue weighted by Crippen LogP contribution is 2.22. The number of nitro groups is 1. The predicted octanol–water partition coefficient (Wildman–Crippen LogP) is 1.13. The molecule has 0 fully saturated rings. The summed E-state index contributed by atoms with van der Waals surface area (Å²) in [5.74, 6) is -1.09. The Balaban J connectivity index is 1.89. The maximum absolute atomic E-state index is 11.9. The van der Waals surface area contributed by atoms with Crippen LogP contribution < -0.4 is 21.7 Å². The van der Waals surface area contributed by atoms with Crippen molar-refractivity contribution < 1.29 is 19.3 Å². The summed E-state index contributed by atoms with van der Waals surface area (Å²) in [5, 5.41) is 18.3. The fourth-order valence-electron chi connectivity index (χ4n) is 2.13. The summed E-state index contributed by atoms with van der Waals surface area (Å²) in [7, 11) is 0. The number of nitrogens with two attached hydrogens (primary N) is 1. The van der Waals surface area contributed by atoms with E-state index in [0.29, 0.717) is 11.1 Å². The van der Waals surface area contributed by atoms with Crippen LogP contribution in [0.4, 0.5) is 16.2 Å². The third-order valence-electron chi connectivity index (χ3n) is 3.44. The molecule has 0 aliphatic heterocycles. The molecule has 0 saturated heterocycles. The molecule has 140 valence electrons. The normalized spacial score (nSPS) is 9.93. The van der Waals surface area contributed by atoms with Gasteiger partial charge in [0.25, 0.3) is 11.6 Å². The lowest BCUT2D eigenvalue weighted by Crippen LogP contribution is -2.33. The van der Waals surface area contributed by atoms with Gasteiger partial charge in [-0.2, -0.15) is 0 Å². The summed E-state index contributed by atoms with van der Waals surface area (Å²) in [5.41, 5.74) is 5.88. The van der Waals surface area contributed by atoms with Gasteiger partial charge < -0.3 is 21.7 Å². The molecular weight excluding hydrogens is 354 g/mol. The fourth-order valence-corrected chi connectivity index (χ4v) is 2.13. The highest BCUT2D eigenvalue weighted by atomic mass is 16.6. The molecule has 0 aliphatic rings. The molecule has 5 N–H and O–H groups in total. The van der Waals surface area contributed by atoms with Gasteiger partial charge in [0.15, 0.2) is 0 Å². The molecule has 0 atom stereocenters. The van der Waals surface area contributed by atoms with Crippen molar-refractivity contribution >= 4 is 29.2 Å². The molecule has 0 bridgehead atoms. The molecule has 10 nitrogen and oxygen atoms in total. The van der Waals surface area contributed by atoms with Gasteiger partial charge in [0, 0.05) is 18.2 Å². The van der Waals surface area contributed by atoms with Crippen LogP contribution >= 0.6 is 0 Å². The van der Waals surface area contributed by atoms with Gasteiger partial charge in [-0.15, -0.1) is 0 Å². The summed E-state index contributed by atoms with van der Waals surface area (Å²) in [4.78, 5) is 44.7. The third-order valence-corrected chi connectivity index (χ3v) is 3.44. The first kappa shape index (κ1) is 19.4. The van der Waals surface area contributed by atoms with E-state index in [1.54, 1.807) is 18.2 Å². The van der Waals surface area contributed by atoms with Crippen molar-refractivity contribution in [3.05, 3.63) is 69.8 Å². The van der Waals surface area contributed by atoms with Crippen LogP contribution in [-0.4, -0.2) is 29.3 Å². The third kappa shape index (κ3) is 5.81. The summed E-state index contributed by atoms with van der Waals surface area (Å²) in [6.07, 6.45) is 0. The molecule has 0 aliphatic carbocycles. The molecule has 0 spiro atoms. The van der Waals surface area contributed by atoms with Crippen molar-refractivity contribution in [3.63, 3.8) is 0 Å². The van der Waals surface area contributed by atoms with Gasteiger partial charge in [-0.3, -0.25) is 19.7 Å². The standard InChI is InChI=1S/C17H17N5O5/c18-15(23)10-19-16(24)12-7-5-11(6-8-12)9-20-17(25)21-13-3-1-2-4-14(13)22(26)27/h1-8H,9-10H2,(H2,18,23)(H,19,24)(H2,20,21,25). The van der Waals surface area contributed by atoms with E-state index in [-0.39, 0.29) is 24.5 Å². The van der Waals surface area contributed by atoms with Crippen LogP contribution in [0.3, 0.4) is 0 Å². The SMILES string of the molecule is NC(=O)CNC(=O)c1ccc(CNC(=O)Nc2ccccc2[N+](=O)[O-])cc1. The molecule has 0 radical (unpaired) electrons. The van der Waals surface area contributed by atoms with E-state index >= 15 is 0 Å². The molecule has 0 unspecified atom stereocenters. The lowest BCUT2D eigenvalue weighted by atomic mass is 10.1. The molecule has 0 heterocycles. The van der Waals surface area contributed by atoms with Gasteiger partial charge in [-0.25, -0.2) is 4.79 Å². The zero-order chi connectivity index (χ0) is 19.8. The number of nitro benzene ring substituents is 1.